The average Bonchev–Trinajstić information content (AvgIpc) is 2.54. The van der Waals surface area contributed by atoms with Crippen LogP contribution in [0.2, 0.25) is 0 Å². The molecular weight excluding hydrogens is 437 g/mol. The third kappa shape index (κ3) is 4.26. The normalized spacial score (nSPS) is 16.8. The lowest BCUT2D eigenvalue weighted by molar-refractivity contribution is -0.113. The first-order valence-electron chi connectivity index (χ1n) is 8.89. The highest BCUT2D eigenvalue weighted by atomic mass is 127. The zero-order valence-corrected chi connectivity index (χ0v) is 17.6. The lowest BCUT2D eigenvalue weighted by Gasteiger charge is -2.40. The highest BCUT2D eigenvalue weighted by molar-refractivity contribution is 14.1. The Kier molecular flexibility index (Phi) is 6.68. The summed E-state index contributed by atoms with van der Waals surface area (Å²) < 4.78 is 30.8. The molecule has 1 aromatic carbocycles. The van der Waals surface area contributed by atoms with Crippen LogP contribution in [0.15, 0.2) is 0 Å². The second-order valence-electron chi connectivity index (χ2n) is 7.39. The Morgan fingerprint density at radius 2 is 1.76 bits per heavy atom. The fourth-order valence-corrected chi connectivity index (χ4v) is 3.85. The molecule has 1 aliphatic rings. The quantitative estimate of drug-likeness (QED) is 0.487. The first-order valence-corrected chi connectivity index (χ1v) is 10.4. The van der Waals surface area contributed by atoms with Crippen molar-refractivity contribution < 1.29 is 13.6 Å². The Hall–Kier alpha value is -0.920. The largest absolute Gasteiger partial charge is 0.366 e. The van der Waals surface area contributed by atoms with Gasteiger partial charge in [-0.25, -0.2) is 8.78 Å². The molecule has 1 saturated heterocycles. The minimum atomic E-state index is -0.529. The number of alkyl halides is 1. The number of piperidine rings is 1. The number of rotatable bonds is 5. The summed E-state index contributed by atoms with van der Waals surface area (Å²) in [5, 5.41) is 2.71. The van der Waals surface area contributed by atoms with Gasteiger partial charge in [0.15, 0.2) is 11.6 Å². The SMILES string of the molecule is CCc1c(F)c(N2CCCC(C)(C)C2)c(F)c(CC)c1NC(=O)CI. The molecule has 0 aliphatic carbocycles. The Morgan fingerprint density at radius 1 is 1.20 bits per heavy atom. The second-order valence-corrected chi connectivity index (χ2v) is 8.15. The molecule has 0 saturated carbocycles. The first-order chi connectivity index (χ1) is 11.8. The van der Waals surface area contributed by atoms with Gasteiger partial charge in [0.1, 0.15) is 5.69 Å². The minimum Gasteiger partial charge on any atom is -0.366 e. The van der Waals surface area contributed by atoms with Gasteiger partial charge in [0, 0.05) is 24.2 Å². The van der Waals surface area contributed by atoms with Crippen molar-refractivity contribution in [1.82, 2.24) is 0 Å². The van der Waals surface area contributed by atoms with E-state index < -0.39 is 11.6 Å². The lowest BCUT2D eigenvalue weighted by Crippen LogP contribution is -2.41. The van der Waals surface area contributed by atoms with Crippen molar-refractivity contribution in [3.63, 3.8) is 0 Å². The van der Waals surface area contributed by atoms with Gasteiger partial charge in [-0.3, -0.25) is 4.79 Å². The van der Waals surface area contributed by atoms with Crippen LogP contribution in [0.1, 0.15) is 51.7 Å². The molecule has 25 heavy (non-hydrogen) atoms. The lowest BCUT2D eigenvalue weighted by atomic mass is 9.83. The molecule has 1 aliphatic heterocycles. The molecule has 1 amide bonds. The van der Waals surface area contributed by atoms with E-state index in [9.17, 15) is 4.79 Å². The summed E-state index contributed by atoms with van der Waals surface area (Å²) in [6.07, 6.45) is 2.78. The highest BCUT2D eigenvalue weighted by Crippen LogP contribution is 2.40. The maximum absolute atomic E-state index is 15.3. The van der Waals surface area contributed by atoms with Crippen LogP contribution in [-0.2, 0) is 17.6 Å². The second kappa shape index (κ2) is 8.18. The van der Waals surface area contributed by atoms with Crippen LogP contribution in [0.4, 0.5) is 20.2 Å². The van der Waals surface area contributed by atoms with E-state index in [4.69, 9.17) is 0 Å². The van der Waals surface area contributed by atoms with E-state index >= 15 is 8.78 Å². The summed E-state index contributed by atoms with van der Waals surface area (Å²) in [6.45, 7) is 9.21. The zero-order valence-electron chi connectivity index (χ0n) is 15.4. The predicted octanol–water partition coefficient (Wildman–Crippen LogP) is 5.09. The number of nitrogens with one attached hydrogen (secondary N) is 1. The van der Waals surface area contributed by atoms with Gasteiger partial charge in [0.2, 0.25) is 5.91 Å². The zero-order chi connectivity index (χ0) is 18.8. The van der Waals surface area contributed by atoms with Crippen LogP contribution >= 0.6 is 22.6 Å². The number of carbonyl (C=O) groups excluding carboxylic acids is 1. The van der Waals surface area contributed by atoms with Crippen LogP contribution in [-0.4, -0.2) is 23.4 Å². The number of nitrogens with zero attached hydrogens (tertiary/aromatic N) is 1. The van der Waals surface area contributed by atoms with E-state index in [1.807, 2.05) is 41.3 Å². The van der Waals surface area contributed by atoms with Crippen LogP contribution in [0.3, 0.4) is 0 Å². The number of halogens is 3. The molecule has 0 spiro atoms. The Labute approximate surface area is 162 Å². The van der Waals surface area contributed by atoms with Crippen molar-refractivity contribution in [3.05, 3.63) is 22.8 Å². The third-order valence-corrected chi connectivity index (χ3v) is 5.55. The van der Waals surface area contributed by atoms with Crippen LogP contribution < -0.4 is 10.2 Å². The fourth-order valence-electron chi connectivity index (χ4n) is 3.66. The van der Waals surface area contributed by atoms with Crippen molar-refractivity contribution >= 4 is 39.9 Å². The number of hydrogen-bond donors (Lipinski definition) is 1. The van der Waals surface area contributed by atoms with Crippen LogP contribution in [0, 0.1) is 17.0 Å². The summed E-state index contributed by atoms with van der Waals surface area (Å²) in [6, 6.07) is 0. The summed E-state index contributed by atoms with van der Waals surface area (Å²) >= 11 is 1.94. The number of carbonyl (C=O) groups is 1. The van der Waals surface area contributed by atoms with Crippen molar-refractivity contribution in [3.8, 4) is 0 Å². The summed E-state index contributed by atoms with van der Waals surface area (Å²) in [4.78, 5) is 13.7. The van der Waals surface area contributed by atoms with Crippen LogP contribution in [0.25, 0.3) is 0 Å². The maximum atomic E-state index is 15.3. The predicted molar refractivity (Wildman–Crippen MR) is 108 cm³/mol. The number of amides is 1. The van der Waals surface area contributed by atoms with Gasteiger partial charge in [-0.1, -0.05) is 50.3 Å². The van der Waals surface area contributed by atoms with Crippen molar-refractivity contribution in [2.75, 3.05) is 27.7 Å². The molecular formula is C19H27F2IN2O. The number of hydrogen-bond acceptors (Lipinski definition) is 2. The molecule has 0 bridgehead atoms. The van der Waals surface area contributed by atoms with E-state index in [0.29, 0.717) is 42.7 Å². The monoisotopic (exact) mass is 464 g/mol. The molecule has 2 rings (SSSR count). The molecule has 0 unspecified atom stereocenters. The van der Waals surface area contributed by atoms with Gasteiger partial charge in [0.25, 0.3) is 0 Å². The highest BCUT2D eigenvalue weighted by Gasteiger charge is 2.32. The molecule has 0 radical (unpaired) electrons. The molecule has 1 heterocycles. The number of anilines is 2. The standard InChI is InChI=1S/C19H27F2IN2O/c1-5-12-15(20)18(24-9-7-8-19(3,4)11-24)16(21)13(6-2)17(12)23-14(25)10-22/h5-11H2,1-4H3,(H,23,25). The smallest absolute Gasteiger partial charge is 0.234 e. The minimum absolute atomic E-state index is 0.0317. The van der Waals surface area contributed by atoms with Crippen LogP contribution in [0.5, 0.6) is 0 Å². The summed E-state index contributed by atoms with van der Waals surface area (Å²) in [7, 11) is 0. The molecule has 1 fully saturated rings. The van der Waals surface area contributed by atoms with E-state index in [0.717, 1.165) is 12.8 Å². The van der Waals surface area contributed by atoms with Gasteiger partial charge in [-0.05, 0) is 31.1 Å². The molecule has 6 heteroatoms. The van der Waals surface area contributed by atoms with Crippen molar-refractivity contribution in [2.45, 2.75) is 53.4 Å². The van der Waals surface area contributed by atoms with E-state index in [1.165, 1.54) is 0 Å². The fraction of sp³-hybridized carbons (Fsp3) is 0.632. The maximum Gasteiger partial charge on any atom is 0.234 e. The van der Waals surface area contributed by atoms with E-state index in [2.05, 4.69) is 19.2 Å². The Morgan fingerprint density at radius 3 is 2.20 bits per heavy atom. The van der Waals surface area contributed by atoms with Gasteiger partial charge >= 0.3 is 0 Å². The number of benzene rings is 1. The molecule has 1 N–H and O–H groups in total. The first kappa shape index (κ1) is 20.4. The molecule has 140 valence electrons. The van der Waals surface area contributed by atoms with Crippen molar-refractivity contribution in [2.24, 2.45) is 5.41 Å². The summed E-state index contributed by atoms with van der Waals surface area (Å²) in [5.74, 6) is -1.30. The molecule has 3 nitrogen and oxygen atoms in total. The molecule has 0 atom stereocenters. The van der Waals surface area contributed by atoms with E-state index in [-0.39, 0.29) is 21.4 Å². The average molecular weight is 464 g/mol. The topological polar surface area (TPSA) is 32.3 Å². The van der Waals surface area contributed by atoms with Gasteiger partial charge in [-0.15, -0.1) is 0 Å². The third-order valence-electron chi connectivity index (χ3n) is 4.86. The van der Waals surface area contributed by atoms with Gasteiger partial charge in [-0.2, -0.15) is 0 Å². The summed E-state index contributed by atoms with van der Waals surface area (Å²) in [5.41, 5.74) is 1.23. The Bertz CT molecular complexity index is 630. The Balaban J connectivity index is 2.60. The van der Waals surface area contributed by atoms with Crippen molar-refractivity contribution in [1.29, 1.82) is 0 Å². The van der Waals surface area contributed by atoms with Gasteiger partial charge < -0.3 is 10.2 Å². The molecule has 1 aromatic rings. The molecule has 0 aromatic heterocycles. The van der Waals surface area contributed by atoms with E-state index in [1.54, 1.807) is 0 Å². The van der Waals surface area contributed by atoms with Gasteiger partial charge in [0.05, 0.1) is 10.1 Å².